The molecule has 0 spiro atoms. The van der Waals surface area contributed by atoms with Gasteiger partial charge in [0, 0.05) is 43.5 Å². The molecule has 0 unspecified atom stereocenters. The van der Waals surface area contributed by atoms with Crippen molar-refractivity contribution >= 4 is 23.2 Å². The number of carbonyl (C=O) groups is 2. The van der Waals surface area contributed by atoms with Gasteiger partial charge in [-0.05, 0) is 87.3 Å². The molecule has 2 saturated heterocycles. The summed E-state index contributed by atoms with van der Waals surface area (Å²) >= 11 is 0. The number of nitrogens with zero attached hydrogens (tertiary/aromatic N) is 3. The van der Waals surface area contributed by atoms with Crippen LogP contribution in [0.1, 0.15) is 24.0 Å². The smallest absolute Gasteiger partial charge is 0.238 e. The van der Waals surface area contributed by atoms with Gasteiger partial charge >= 0.3 is 0 Å². The molecule has 0 saturated carbocycles. The zero-order valence-corrected chi connectivity index (χ0v) is 20.5. The van der Waals surface area contributed by atoms with Crippen LogP contribution in [0.3, 0.4) is 0 Å². The first-order valence-corrected chi connectivity index (χ1v) is 12.2. The van der Waals surface area contributed by atoms with Crippen molar-refractivity contribution in [2.45, 2.75) is 26.7 Å². The zero-order chi connectivity index (χ0) is 24.1. The van der Waals surface area contributed by atoms with E-state index in [1.807, 2.05) is 42.2 Å². The maximum Gasteiger partial charge on any atom is 0.238 e. The van der Waals surface area contributed by atoms with Gasteiger partial charge in [0.05, 0.1) is 13.7 Å². The largest absolute Gasteiger partial charge is 0.497 e. The fraction of sp³-hybridized carbons (Fsp3) is 0.481. The Morgan fingerprint density at radius 1 is 0.912 bits per heavy atom. The Labute approximate surface area is 202 Å². The minimum atomic E-state index is 0.00248. The summed E-state index contributed by atoms with van der Waals surface area (Å²) in [5.41, 5.74) is 4.39. The number of rotatable bonds is 6. The highest BCUT2D eigenvalue weighted by Gasteiger charge is 2.31. The molecular weight excluding hydrogens is 428 g/mol. The molecule has 7 heteroatoms. The van der Waals surface area contributed by atoms with Crippen molar-refractivity contribution in [2.24, 2.45) is 5.92 Å². The van der Waals surface area contributed by atoms with Crippen molar-refractivity contribution in [3.8, 4) is 5.75 Å². The Bertz CT molecular complexity index is 991. The molecular formula is C27H36N4O3. The second-order valence-corrected chi connectivity index (χ2v) is 9.41. The number of piperazine rings is 1. The second-order valence-electron chi connectivity index (χ2n) is 9.41. The predicted molar refractivity (Wildman–Crippen MR) is 135 cm³/mol. The molecule has 0 radical (unpaired) electrons. The minimum Gasteiger partial charge on any atom is -0.497 e. The number of nitrogens with one attached hydrogen (secondary N) is 1. The third-order valence-corrected chi connectivity index (χ3v) is 7.12. The van der Waals surface area contributed by atoms with Crippen molar-refractivity contribution in [2.75, 3.05) is 63.1 Å². The number of ether oxygens (including phenoxy) is 1. The molecule has 2 aliphatic rings. The van der Waals surface area contributed by atoms with Crippen LogP contribution in [0.4, 0.5) is 11.4 Å². The highest BCUT2D eigenvalue weighted by atomic mass is 16.5. The van der Waals surface area contributed by atoms with E-state index >= 15 is 0 Å². The summed E-state index contributed by atoms with van der Waals surface area (Å²) in [4.78, 5) is 32.1. The van der Waals surface area contributed by atoms with E-state index in [0.717, 1.165) is 63.5 Å². The van der Waals surface area contributed by atoms with E-state index < -0.39 is 0 Å². The van der Waals surface area contributed by atoms with Crippen molar-refractivity contribution in [3.05, 3.63) is 53.6 Å². The number of hydrogen-bond acceptors (Lipinski definition) is 5. The Morgan fingerprint density at radius 2 is 1.59 bits per heavy atom. The summed E-state index contributed by atoms with van der Waals surface area (Å²) in [5, 5.41) is 3.00. The van der Waals surface area contributed by atoms with Crippen LogP contribution in [0.15, 0.2) is 42.5 Å². The third-order valence-electron chi connectivity index (χ3n) is 7.12. The van der Waals surface area contributed by atoms with Crippen molar-refractivity contribution in [1.29, 1.82) is 0 Å². The van der Waals surface area contributed by atoms with Crippen LogP contribution in [-0.2, 0) is 9.59 Å². The lowest BCUT2D eigenvalue weighted by Gasteiger charge is -2.39. The van der Waals surface area contributed by atoms with E-state index in [9.17, 15) is 9.59 Å². The van der Waals surface area contributed by atoms with Crippen LogP contribution in [0.5, 0.6) is 5.75 Å². The molecule has 2 heterocycles. The number of carbonyl (C=O) groups excluding carboxylic acids is 2. The molecule has 2 aromatic carbocycles. The lowest BCUT2D eigenvalue weighted by Crippen LogP contribution is -2.52. The molecule has 0 bridgehead atoms. The van der Waals surface area contributed by atoms with E-state index in [1.54, 1.807) is 7.11 Å². The predicted octanol–water partition coefficient (Wildman–Crippen LogP) is 3.31. The lowest BCUT2D eigenvalue weighted by molar-refractivity contribution is -0.137. The lowest BCUT2D eigenvalue weighted by atomic mass is 9.95. The van der Waals surface area contributed by atoms with E-state index in [4.69, 9.17) is 4.74 Å². The molecule has 4 rings (SSSR count). The molecule has 182 valence electrons. The molecule has 0 aliphatic carbocycles. The number of likely N-dealkylation sites (tertiary alicyclic amines) is 1. The summed E-state index contributed by atoms with van der Waals surface area (Å²) in [5.74, 6) is 1.19. The summed E-state index contributed by atoms with van der Waals surface area (Å²) in [7, 11) is 1.67. The van der Waals surface area contributed by atoms with Crippen molar-refractivity contribution in [1.82, 2.24) is 9.80 Å². The van der Waals surface area contributed by atoms with Gasteiger partial charge in [0.15, 0.2) is 0 Å². The molecule has 2 aromatic rings. The van der Waals surface area contributed by atoms with Gasteiger partial charge in [-0.2, -0.15) is 0 Å². The molecule has 34 heavy (non-hydrogen) atoms. The van der Waals surface area contributed by atoms with Crippen LogP contribution in [0.2, 0.25) is 0 Å². The third kappa shape index (κ3) is 5.89. The van der Waals surface area contributed by atoms with Gasteiger partial charge in [-0.3, -0.25) is 14.5 Å². The normalized spacial score (nSPS) is 17.5. The fourth-order valence-electron chi connectivity index (χ4n) is 4.80. The van der Waals surface area contributed by atoms with Gasteiger partial charge in [-0.25, -0.2) is 0 Å². The van der Waals surface area contributed by atoms with Crippen molar-refractivity contribution in [3.63, 3.8) is 0 Å². The van der Waals surface area contributed by atoms with Crippen LogP contribution >= 0.6 is 0 Å². The monoisotopic (exact) mass is 464 g/mol. The molecule has 2 amide bonds. The SMILES string of the molecule is COc1ccc(N2CCN(C(=O)C3CCN(CC(=O)Nc4ccc(C)c(C)c4)CC3)CC2)cc1. The van der Waals surface area contributed by atoms with Gasteiger partial charge in [0.1, 0.15) is 5.75 Å². The topological polar surface area (TPSA) is 65.1 Å². The standard InChI is InChI=1S/C27H36N4O3/c1-20-4-5-23(18-21(20)2)28-26(32)19-29-12-10-22(11-13-29)27(33)31-16-14-30(15-17-31)24-6-8-25(34-3)9-7-24/h4-9,18,22H,10-17,19H2,1-3H3,(H,28,32). The number of aryl methyl sites for hydroxylation is 2. The molecule has 0 atom stereocenters. The summed E-state index contributed by atoms with van der Waals surface area (Å²) in [6, 6.07) is 14.1. The molecule has 2 aliphatic heterocycles. The number of methoxy groups -OCH3 is 1. The molecule has 2 fully saturated rings. The van der Waals surface area contributed by atoms with Gasteiger partial charge in [0.2, 0.25) is 11.8 Å². The quantitative estimate of drug-likeness (QED) is 0.711. The van der Waals surface area contributed by atoms with Crippen LogP contribution < -0.4 is 15.0 Å². The first-order chi connectivity index (χ1) is 16.4. The van der Waals surface area contributed by atoms with E-state index in [-0.39, 0.29) is 17.7 Å². The Kier molecular flexibility index (Phi) is 7.73. The van der Waals surface area contributed by atoms with Gasteiger partial charge in [0.25, 0.3) is 0 Å². The highest BCUT2D eigenvalue weighted by Crippen LogP contribution is 2.24. The van der Waals surface area contributed by atoms with Crippen LogP contribution in [-0.4, -0.2) is 74.5 Å². The average Bonchev–Trinajstić information content (AvgIpc) is 2.86. The zero-order valence-electron chi connectivity index (χ0n) is 20.5. The van der Waals surface area contributed by atoms with Gasteiger partial charge < -0.3 is 19.9 Å². The first-order valence-electron chi connectivity index (χ1n) is 12.2. The number of amides is 2. The molecule has 7 nitrogen and oxygen atoms in total. The maximum absolute atomic E-state index is 13.1. The second kappa shape index (κ2) is 10.9. The Hall–Kier alpha value is -3.06. The Morgan fingerprint density at radius 3 is 2.21 bits per heavy atom. The fourth-order valence-corrected chi connectivity index (χ4v) is 4.80. The van der Waals surface area contributed by atoms with Crippen LogP contribution in [0, 0.1) is 19.8 Å². The van der Waals surface area contributed by atoms with Gasteiger partial charge in [-0.15, -0.1) is 0 Å². The number of benzene rings is 2. The number of piperidine rings is 1. The summed E-state index contributed by atoms with van der Waals surface area (Å²) in [6.07, 6.45) is 1.63. The maximum atomic E-state index is 13.1. The molecule has 0 aromatic heterocycles. The highest BCUT2D eigenvalue weighted by molar-refractivity contribution is 5.92. The average molecular weight is 465 g/mol. The summed E-state index contributed by atoms with van der Waals surface area (Å²) < 4.78 is 5.24. The van der Waals surface area contributed by atoms with E-state index in [1.165, 1.54) is 16.8 Å². The Balaban J connectivity index is 1.20. The van der Waals surface area contributed by atoms with E-state index in [2.05, 4.69) is 34.2 Å². The number of anilines is 2. The van der Waals surface area contributed by atoms with E-state index in [0.29, 0.717) is 6.54 Å². The van der Waals surface area contributed by atoms with Crippen molar-refractivity contribution < 1.29 is 14.3 Å². The first kappa shape index (κ1) is 24.1. The minimum absolute atomic E-state index is 0.00248. The van der Waals surface area contributed by atoms with Crippen LogP contribution in [0.25, 0.3) is 0 Å². The van der Waals surface area contributed by atoms with Gasteiger partial charge in [-0.1, -0.05) is 6.07 Å². The summed E-state index contributed by atoms with van der Waals surface area (Å²) in [6.45, 7) is 9.23. The number of hydrogen-bond donors (Lipinski definition) is 1. The molecule has 1 N–H and O–H groups in total.